The highest BCUT2D eigenvalue weighted by Crippen LogP contribution is 2.27. The summed E-state index contributed by atoms with van der Waals surface area (Å²) in [5, 5.41) is 5.29. The lowest BCUT2D eigenvalue weighted by atomic mass is 9.85. The van der Waals surface area contributed by atoms with Crippen molar-refractivity contribution in [2.45, 2.75) is 37.8 Å². The van der Waals surface area contributed by atoms with Gasteiger partial charge in [0.15, 0.2) is 0 Å². The summed E-state index contributed by atoms with van der Waals surface area (Å²) in [5.41, 5.74) is 6.01. The summed E-state index contributed by atoms with van der Waals surface area (Å²) in [7, 11) is 0. The van der Waals surface area contributed by atoms with Crippen molar-refractivity contribution >= 4 is 42.1 Å². The number of rotatable bonds is 5. The Morgan fingerprint density at radius 2 is 2.12 bits per heavy atom. The summed E-state index contributed by atoms with van der Waals surface area (Å²) in [6, 6.07) is 4.68. The van der Waals surface area contributed by atoms with E-state index in [1.807, 2.05) is 0 Å². The molecule has 3 atom stereocenters. The number of nitrogens with zero attached hydrogens (tertiary/aromatic N) is 1. The van der Waals surface area contributed by atoms with Crippen LogP contribution in [0.5, 0.6) is 0 Å². The topological polar surface area (TPSA) is 67.6 Å². The van der Waals surface area contributed by atoms with Gasteiger partial charge in [0.25, 0.3) is 0 Å². The van der Waals surface area contributed by atoms with Gasteiger partial charge in [0.2, 0.25) is 5.91 Å². The first kappa shape index (κ1) is 22.7. The molecule has 2 aliphatic rings. The number of nitrogens with two attached hydrogens (primary N) is 1. The third-order valence-electron chi connectivity index (χ3n) is 4.91. The predicted molar refractivity (Wildman–Crippen MR) is 107 cm³/mol. The normalized spacial score (nSPS) is 25.3. The van der Waals surface area contributed by atoms with Gasteiger partial charge in [-0.25, -0.2) is 0 Å². The van der Waals surface area contributed by atoms with Crippen molar-refractivity contribution in [3.63, 3.8) is 0 Å². The van der Waals surface area contributed by atoms with Crippen molar-refractivity contribution in [3.05, 3.63) is 22.4 Å². The molecule has 0 aromatic carbocycles. The predicted octanol–water partition coefficient (Wildman–Crippen LogP) is 2.60. The van der Waals surface area contributed by atoms with Crippen LogP contribution in [0.1, 0.15) is 36.6 Å². The highest BCUT2D eigenvalue weighted by molar-refractivity contribution is 7.10. The summed E-state index contributed by atoms with van der Waals surface area (Å²) >= 11 is 1.76. The number of morpholine rings is 1. The first-order chi connectivity index (χ1) is 11.2. The second kappa shape index (κ2) is 11.4. The van der Waals surface area contributed by atoms with Gasteiger partial charge in [-0.2, -0.15) is 0 Å². The van der Waals surface area contributed by atoms with E-state index in [0.29, 0.717) is 6.54 Å². The Hall–Kier alpha value is -0.370. The molecule has 8 heteroatoms. The van der Waals surface area contributed by atoms with Gasteiger partial charge < -0.3 is 15.8 Å². The van der Waals surface area contributed by atoms with Gasteiger partial charge in [-0.15, -0.1) is 36.2 Å². The number of carbonyl (C=O) groups excluding carboxylic acids is 1. The maximum absolute atomic E-state index is 12.5. The molecule has 1 saturated carbocycles. The number of hydrogen-bond acceptors (Lipinski definition) is 5. The summed E-state index contributed by atoms with van der Waals surface area (Å²) in [5.74, 6) is 0.266. The zero-order valence-corrected chi connectivity index (χ0v) is 16.8. The Bertz CT molecular complexity index is 498. The molecule has 1 saturated heterocycles. The van der Waals surface area contributed by atoms with Crippen LogP contribution in [0.3, 0.4) is 0 Å². The molecular weight excluding hydrogens is 381 g/mol. The van der Waals surface area contributed by atoms with Gasteiger partial charge in [-0.1, -0.05) is 12.5 Å². The highest BCUT2D eigenvalue weighted by atomic mass is 35.5. The molecule has 2 heterocycles. The second-order valence-corrected chi connectivity index (χ2v) is 7.53. The van der Waals surface area contributed by atoms with Crippen LogP contribution in [-0.2, 0) is 9.53 Å². The third kappa shape index (κ3) is 6.38. The standard InChI is InChI=1S/C17H27N3O2S.2ClH/c18-14-4-1-3-13(11-14)17(21)19-12-15(16-5-2-10-23-16)20-6-8-22-9-7-20;;/h2,5,10,13-15H,1,3-4,6-9,11-12,18H2,(H,19,21);2*1H. The minimum Gasteiger partial charge on any atom is -0.379 e. The molecule has 1 aliphatic heterocycles. The van der Waals surface area contributed by atoms with E-state index < -0.39 is 0 Å². The molecular formula is C17H29Cl2N3O2S. The van der Waals surface area contributed by atoms with Crippen molar-refractivity contribution in [3.8, 4) is 0 Å². The van der Waals surface area contributed by atoms with Crippen molar-refractivity contribution in [2.75, 3.05) is 32.8 Å². The van der Waals surface area contributed by atoms with E-state index >= 15 is 0 Å². The van der Waals surface area contributed by atoms with E-state index in [-0.39, 0.29) is 48.7 Å². The lowest BCUT2D eigenvalue weighted by Gasteiger charge is -2.34. The Labute approximate surface area is 166 Å². The van der Waals surface area contributed by atoms with E-state index in [4.69, 9.17) is 10.5 Å². The molecule has 5 nitrogen and oxygen atoms in total. The van der Waals surface area contributed by atoms with E-state index in [9.17, 15) is 4.79 Å². The molecule has 3 unspecified atom stereocenters. The number of nitrogens with one attached hydrogen (secondary N) is 1. The highest BCUT2D eigenvalue weighted by Gasteiger charge is 2.28. The molecule has 1 amide bonds. The van der Waals surface area contributed by atoms with E-state index in [1.54, 1.807) is 11.3 Å². The third-order valence-corrected chi connectivity index (χ3v) is 5.89. The molecule has 3 rings (SSSR count). The van der Waals surface area contributed by atoms with Gasteiger partial charge in [-0.05, 0) is 30.7 Å². The van der Waals surface area contributed by atoms with Crippen LogP contribution in [-0.4, -0.2) is 49.7 Å². The summed E-state index contributed by atoms with van der Waals surface area (Å²) < 4.78 is 5.46. The average Bonchev–Trinajstić information content (AvgIpc) is 3.10. The van der Waals surface area contributed by atoms with Crippen LogP contribution in [0.2, 0.25) is 0 Å². The Kier molecular flexibility index (Phi) is 10.3. The van der Waals surface area contributed by atoms with Gasteiger partial charge in [0, 0.05) is 36.5 Å². The fourth-order valence-electron chi connectivity index (χ4n) is 3.59. The molecule has 2 fully saturated rings. The number of ether oxygens (including phenoxy) is 1. The number of carbonyl (C=O) groups is 1. The quantitative estimate of drug-likeness (QED) is 0.783. The van der Waals surface area contributed by atoms with Crippen LogP contribution in [0.4, 0.5) is 0 Å². The van der Waals surface area contributed by atoms with E-state index in [2.05, 4.69) is 27.7 Å². The van der Waals surface area contributed by atoms with E-state index in [1.165, 1.54) is 4.88 Å². The number of halogens is 2. The van der Waals surface area contributed by atoms with Crippen LogP contribution in [0.15, 0.2) is 17.5 Å². The number of amides is 1. The SMILES string of the molecule is Cl.Cl.NC1CCCC(C(=O)NCC(c2cccs2)N2CCOCC2)C1. The molecule has 3 N–H and O–H groups in total. The fourth-order valence-corrected chi connectivity index (χ4v) is 4.45. The van der Waals surface area contributed by atoms with Gasteiger partial charge in [0.05, 0.1) is 19.3 Å². The summed E-state index contributed by atoms with van der Waals surface area (Å²) in [4.78, 5) is 16.2. The minimum atomic E-state index is 0. The summed E-state index contributed by atoms with van der Waals surface area (Å²) in [6.45, 7) is 4.06. The largest absolute Gasteiger partial charge is 0.379 e. The molecule has 144 valence electrons. The molecule has 25 heavy (non-hydrogen) atoms. The monoisotopic (exact) mass is 409 g/mol. The smallest absolute Gasteiger partial charge is 0.223 e. The number of hydrogen-bond donors (Lipinski definition) is 2. The van der Waals surface area contributed by atoms with Crippen molar-refractivity contribution in [2.24, 2.45) is 11.7 Å². The minimum absolute atomic E-state index is 0. The zero-order valence-electron chi connectivity index (χ0n) is 14.4. The van der Waals surface area contributed by atoms with Crippen LogP contribution in [0.25, 0.3) is 0 Å². The number of thiophene rings is 1. The molecule has 0 radical (unpaired) electrons. The fraction of sp³-hybridized carbons (Fsp3) is 0.706. The van der Waals surface area contributed by atoms with Crippen LogP contribution in [0, 0.1) is 5.92 Å². The average molecular weight is 410 g/mol. The van der Waals surface area contributed by atoms with Crippen LogP contribution < -0.4 is 11.1 Å². The Balaban J connectivity index is 0.00000156. The lowest BCUT2D eigenvalue weighted by Crippen LogP contribution is -2.45. The van der Waals surface area contributed by atoms with Crippen molar-refractivity contribution < 1.29 is 9.53 Å². The van der Waals surface area contributed by atoms with Gasteiger partial charge in [0.1, 0.15) is 0 Å². The summed E-state index contributed by atoms with van der Waals surface area (Å²) in [6.07, 6.45) is 3.92. The maximum Gasteiger partial charge on any atom is 0.223 e. The zero-order chi connectivity index (χ0) is 16.1. The molecule has 0 spiro atoms. The maximum atomic E-state index is 12.5. The molecule has 1 aromatic rings. The van der Waals surface area contributed by atoms with Crippen molar-refractivity contribution in [1.82, 2.24) is 10.2 Å². The van der Waals surface area contributed by atoms with E-state index in [0.717, 1.165) is 52.0 Å². The van der Waals surface area contributed by atoms with Gasteiger partial charge in [-0.3, -0.25) is 9.69 Å². The van der Waals surface area contributed by atoms with Crippen molar-refractivity contribution in [1.29, 1.82) is 0 Å². The lowest BCUT2D eigenvalue weighted by molar-refractivity contribution is -0.126. The first-order valence-electron chi connectivity index (χ1n) is 8.62. The second-order valence-electron chi connectivity index (χ2n) is 6.55. The molecule has 1 aromatic heterocycles. The molecule has 1 aliphatic carbocycles. The Morgan fingerprint density at radius 3 is 2.76 bits per heavy atom. The molecule has 0 bridgehead atoms. The first-order valence-corrected chi connectivity index (χ1v) is 9.50. The van der Waals surface area contributed by atoms with Crippen LogP contribution >= 0.6 is 36.2 Å². The Morgan fingerprint density at radius 1 is 1.36 bits per heavy atom. The van der Waals surface area contributed by atoms with Gasteiger partial charge >= 0.3 is 0 Å².